The van der Waals surface area contributed by atoms with Crippen molar-refractivity contribution in [3.63, 3.8) is 0 Å². The Labute approximate surface area is 109 Å². The monoisotopic (exact) mass is 282 g/mol. The second-order valence-electron chi connectivity index (χ2n) is 4.02. The van der Waals surface area contributed by atoms with Gasteiger partial charge in [0.25, 0.3) is 0 Å². The van der Waals surface area contributed by atoms with Crippen LogP contribution in [0, 0.1) is 0 Å². The fourth-order valence-electron chi connectivity index (χ4n) is 2.33. The third-order valence-electron chi connectivity index (χ3n) is 3.11. The summed E-state index contributed by atoms with van der Waals surface area (Å²) in [5, 5.41) is 4.96. The predicted molar refractivity (Wildman–Crippen MR) is 79.2 cm³/mol. The summed E-state index contributed by atoms with van der Waals surface area (Å²) in [4.78, 5) is 0. The Morgan fingerprint density at radius 3 is 1.59 bits per heavy atom. The topological polar surface area (TPSA) is 0 Å². The smallest absolute Gasteiger partial charge is 0.0332 e. The predicted octanol–water partition coefficient (Wildman–Crippen LogP) is 5.40. The third kappa shape index (κ3) is 1.50. The maximum absolute atomic E-state index is 3.95. The van der Waals surface area contributed by atoms with Crippen LogP contribution in [0.5, 0.6) is 0 Å². The molecule has 0 heterocycles. The Morgan fingerprint density at radius 2 is 1.18 bits per heavy atom. The van der Waals surface area contributed by atoms with Gasteiger partial charge in [-0.2, -0.15) is 0 Å². The van der Waals surface area contributed by atoms with Gasteiger partial charge in [-0.15, -0.1) is 0 Å². The molecule has 3 rings (SSSR count). The molecule has 0 aromatic heterocycles. The van der Waals surface area contributed by atoms with Crippen molar-refractivity contribution in [2.75, 3.05) is 0 Å². The van der Waals surface area contributed by atoms with E-state index in [0.717, 1.165) is 4.47 Å². The Hall–Kier alpha value is -1.60. The van der Waals surface area contributed by atoms with Gasteiger partial charge in [0.1, 0.15) is 0 Å². The molecule has 0 amide bonds. The van der Waals surface area contributed by atoms with Crippen LogP contribution < -0.4 is 0 Å². The van der Waals surface area contributed by atoms with Crippen LogP contribution >= 0.6 is 15.9 Å². The molecule has 17 heavy (non-hydrogen) atoms. The molecule has 0 spiro atoms. The zero-order chi connectivity index (χ0) is 11.8. The number of fused-ring (bicyclic) bond motifs is 2. The molecular formula is C16H11Br. The summed E-state index contributed by atoms with van der Waals surface area (Å²) in [6.45, 7) is 3.95. The highest BCUT2D eigenvalue weighted by Gasteiger charge is 2.08. The Bertz CT molecular complexity index is 669. The van der Waals surface area contributed by atoms with Crippen molar-refractivity contribution in [3.05, 3.63) is 65.1 Å². The lowest BCUT2D eigenvalue weighted by atomic mass is 9.97. The number of hydrogen-bond acceptors (Lipinski definition) is 0. The van der Waals surface area contributed by atoms with Crippen LogP contribution in [0.3, 0.4) is 0 Å². The Morgan fingerprint density at radius 1 is 0.765 bits per heavy atom. The zero-order valence-electron chi connectivity index (χ0n) is 9.28. The first-order valence-corrected chi connectivity index (χ1v) is 6.33. The fourth-order valence-corrected chi connectivity index (χ4v) is 3.02. The van der Waals surface area contributed by atoms with E-state index in [1.807, 2.05) is 6.08 Å². The summed E-state index contributed by atoms with van der Waals surface area (Å²) >= 11 is 3.71. The third-order valence-corrected chi connectivity index (χ3v) is 3.97. The highest BCUT2D eigenvalue weighted by atomic mass is 79.9. The summed E-state index contributed by atoms with van der Waals surface area (Å²) in [6.07, 6.45) is 1.94. The van der Waals surface area contributed by atoms with Crippen LogP contribution in [0.15, 0.2) is 59.6 Å². The van der Waals surface area contributed by atoms with E-state index >= 15 is 0 Å². The van der Waals surface area contributed by atoms with Gasteiger partial charge in [-0.05, 0) is 43.0 Å². The molecule has 0 aliphatic heterocycles. The van der Waals surface area contributed by atoms with Gasteiger partial charge in [0.2, 0.25) is 0 Å². The molecule has 0 aliphatic carbocycles. The summed E-state index contributed by atoms with van der Waals surface area (Å²) in [6, 6.07) is 16.8. The van der Waals surface area contributed by atoms with Gasteiger partial charge in [-0.1, -0.05) is 61.2 Å². The molecule has 0 N–H and O–H groups in total. The van der Waals surface area contributed by atoms with E-state index in [1.165, 1.54) is 27.1 Å². The fraction of sp³-hybridized carbons (Fsp3) is 0. The van der Waals surface area contributed by atoms with Crippen molar-refractivity contribution in [1.82, 2.24) is 0 Å². The highest BCUT2D eigenvalue weighted by molar-refractivity contribution is 9.10. The lowest BCUT2D eigenvalue weighted by Gasteiger charge is -2.10. The minimum atomic E-state index is 1.16. The van der Waals surface area contributed by atoms with Gasteiger partial charge in [0.05, 0.1) is 0 Å². The van der Waals surface area contributed by atoms with E-state index in [2.05, 4.69) is 71.0 Å². The second kappa shape index (κ2) is 4.01. The number of rotatable bonds is 1. The molecule has 3 aromatic carbocycles. The van der Waals surface area contributed by atoms with Crippen LogP contribution in [0.2, 0.25) is 0 Å². The maximum Gasteiger partial charge on any atom is 0.0332 e. The van der Waals surface area contributed by atoms with Crippen LogP contribution in [0.25, 0.3) is 27.6 Å². The lowest BCUT2D eigenvalue weighted by molar-refractivity contribution is 1.72. The van der Waals surface area contributed by atoms with Crippen molar-refractivity contribution in [3.8, 4) is 0 Å². The summed E-state index contributed by atoms with van der Waals surface area (Å²) in [5.41, 5.74) is 1.21. The van der Waals surface area contributed by atoms with Gasteiger partial charge in [-0.3, -0.25) is 0 Å². The van der Waals surface area contributed by atoms with E-state index < -0.39 is 0 Å². The maximum atomic E-state index is 3.95. The van der Waals surface area contributed by atoms with Gasteiger partial charge in [-0.25, -0.2) is 0 Å². The van der Waals surface area contributed by atoms with Crippen molar-refractivity contribution in [2.24, 2.45) is 0 Å². The van der Waals surface area contributed by atoms with Gasteiger partial charge >= 0.3 is 0 Å². The van der Waals surface area contributed by atoms with Crippen LogP contribution in [0.4, 0.5) is 0 Å². The average Bonchev–Trinajstić information content (AvgIpc) is 2.40. The van der Waals surface area contributed by atoms with Crippen molar-refractivity contribution in [2.45, 2.75) is 0 Å². The molecule has 82 valence electrons. The SMILES string of the molecule is C=Cc1c2ccccc2c(Br)c2ccccc12. The molecule has 0 nitrogen and oxygen atoms in total. The minimum Gasteiger partial charge on any atom is -0.0984 e. The molecule has 0 bridgehead atoms. The quantitative estimate of drug-likeness (QED) is 0.525. The van der Waals surface area contributed by atoms with E-state index in [-0.39, 0.29) is 0 Å². The molecule has 0 fully saturated rings. The Balaban J connectivity index is 2.68. The highest BCUT2D eigenvalue weighted by Crippen LogP contribution is 2.36. The molecule has 0 radical (unpaired) electrons. The molecule has 0 unspecified atom stereocenters. The van der Waals surface area contributed by atoms with Crippen molar-refractivity contribution in [1.29, 1.82) is 0 Å². The van der Waals surface area contributed by atoms with E-state index in [4.69, 9.17) is 0 Å². The second-order valence-corrected chi connectivity index (χ2v) is 4.82. The molecule has 0 atom stereocenters. The van der Waals surface area contributed by atoms with Crippen LogP contribution in [0.1, 0.15) is 5.56 Å². The first-order chi connectivity index (χ1) is 8.33. The number of hydrogen-bond donors (Lipinski definition) is 0. The zero-order valence-corrected chi connectivity index (χ0v) is 10.9. The van der Waals surface area contributed by atoms with Crippen LogP contribution in [-0.2, 0) is 0 Å². The Kier molecular flexibility index (Phi) is 2.49. The van der Waals surface area contributed by atoms with Crippen LogP contribution in [-0.4, -0.2) is 0 Å². The molecule has 3 aromatic rings. The molecule has 0 aliphatic rings. The standard InChI is InChI=1S/C16H11Br/c1-2-11-12-7-3-5-9-14(12)16(17)15-10-6-4-8-13(11)15/h2-10H,1H2. The minimum absolute atomic E-state index is 1.16. The molecule has 1 heteroatoms. The molecular weight excluding hydrogens is 272 g/mol. The van der Waals surface area contributed by atoms with Gasteiger partial charge in [0, 0.05) is 4.47 Å². The first kappa shape index (κ1) is 10.5. The average molecular weight is 283 g/mol. The van der Waals surface area contributed by atoms with Crippen molar-refractivity contribution < 1.29 is 0 Å². The molecule has 0 saturated heterocycles. The first-order valence-electron chi connectivity index (χ1n) is 5.54. The largest absolute Gasteiger partial charge is 0.0984 e. The lowest BCUT2D eigenvalue weighted by Crippen LogP contribution is -1.84. The summed E-state index contributed by atoms with van der Waals surface area (Å²) in [5.74, 6) is 0. The van der Waals surface area contributed by atoms with E-state index in [0.29, 0.717) is 0 Å². The number of halogens is 1. The molecule has 0 saturated carbocycles. The van der Waals surface area contributed by atoms with E-state index in [1.54, 1.807) is 0 Å². The van der Waals surface area contributed by atoms with Gasteiger partial charge < -0.3 is 0 Å². The van der Waals surface area contributed by atoms with Crippen molar-refractivity contribution >= 4 is 43.6 Å². The van der Waals surface area contributed by atoms with Gasteiger partial charge in [0.15, 0.2) is 0 Å². The normalized spacial score (nSPS) is 10.9. The summed E-state index contributed by atoms with van der Waals surface area (Å²) < 4.78 is 1.16. The number of benzene rings is 3. The van der Waals surface area contributed by atoms with E-state index in [9.17, 15) is 0 Å². The summed E-state index contributed by atoms with van der Waals surface area (Å²) in [7, 11) is 0.